The highest BCUT2D eigenvalue weighted by Crippen LogP contribution is 2.37. The Bertz CT molecular complexity index is 789. The molecule has 2 aromatic rings. The van der Waals surface area contributed by atoms with Crippen LogP contribution < -0.4 is 20.1 Å². The van der Waals surface area contributed by atoms with E-state index in [2.05, 4.69) is 10.6 Å². The predicted octanol–water partition coefficient (Wildman–Crippen LogP) is 4.47. The molecule has 7 heteroatoms. The normalized spacial score (nSPS) is 14.5. The third kappa shape index (κ3) is 4.84. The first-order valence-corrected chi connectivity index (χ1v) is 9.15. The second-order valence-electron chi connectivity index (χ2n) is 6.27. The summed E-state index contributed by atoms with van der Waals surface area (Å²) < 4.78 is 15.9. The van der Waals surface area contributed by atoms with Gasteiger partial charge in [-0.05, 0) is 37.1 Å². The number of amides is 1. The zero-order valence-electron chi connectivity index (χ0n) is 15.4. The van der Waals surface area contributed by atoms with Crippen LogP contribution in [0.25, 0.3) is 0 Å². The lowest BCUT2D eigenvalue weighted by molar-refractivity contribution is -0.122. The number of hydrogen-bond acceptors (Lipinski definition) is 5. The Hall–Kier alpha value is -2.44. The number of benzene rings is 2. The average Bonchev–Trinajstić information content (AvgIpc) is 2.71. The Labute approximate surface area is 163 Å². The van der Waals surface area contributed by atoms with Crippen LogP contribution in [-0.2, 0) is 9.53 Å². The summed E-state index contributed by atoms with van der Waals surface area (Å²) in [4.78, 5) is 12.3. The third-order valence-electron chi connectivity index (χ3n) is 4.50. The molecule has 144 valence electrons. The largest absolute Gasteiger partial charge is 0.495 e. The fourth-order valence-electron chi connectivity index (χ4n) is 2.95. The third-order valence-corrected chi connectivity index (χ3v) is 4.79. The van der Waals surface area contributed by atoms with Gasteiger partial charge in [-0.15, -0.1) is 0 Å². The minimum Gasteiger partial charge on any atom is -0.495 e. The van der Waals surface area contributed by atoms with Crippen LogP contribution in [0, 0.1) is 5.92 Å². The van der Waals surface area contributed by atoms with Crippen molar-refractivity contribution in [2.24, 2.45) is 5.92 Å². The quantitative estimate of drug-likeness (QED) is 0.761. The number of nitrogens with one attached hydrogen (secondary N) is 2. The highest BCUT2D eigenvalue weighted by Gasteiger charge is 2.21. The van der Waals surface area contributed by atoms with Crippen LogP contribution in [0.5, 0.6) is 11.5 Å². The van der Waals surface area contributed by atoms with E-state index in [-0.39, 0.29) is 11.8 Å². The number of hydrogen-bond donors (Lipinski definition) is 2. The van der Waals surface area contributed by atoms with Gasteiger partial charge in [-0.1, -0.05) is 11.6 Å². The fourth-order valence-corrected chi connectivity index (χ4v) is 3.19. The Morgan fingerprint density at radius 1 is 1.04 bits per heavy atom. The number of carbonyl (C=O) groups excluding carboxylic acids is 1. The summed E-state index contributed by atoms with van der Waals surface area (Å²) in [6.07, 6.45) is 1.54. The van der Waals surface area contributed by atoms with E-state index in [0.29, 0.717) is 29.7 Å². The van der Waals surface area contributed by atoms with Gasteiger partial charge in [0.05, 0.1) is 24.9 Å². The number of rotatable bonds is 6. The molecule has 0 spiro atoms. The molecular weight excluding hydrogens is 368 g/mol. The minimum absolute atomic E-state index is 0.0161. The molecule has 0 aliphatic carbocycles. The van der Waals surface area contributed by atoms with Crippen molar-refractivity contribution in [2.45, 2.75) is 12.8 Å². The minimum atomic E-state index is 0.0161. The summed E-state index contributed by atoms with van der Waals surface area (Å²) in [5.41, 5.74) is 2.34. The number of ether oxygens (including phenoxy) is 3. The van der Waals surface area contributed by atoms with Gasteiger partial charge in [-0.25, -0.2) is 0 Å². The Kier molecular flexibility index (Phi) is 6.42. The monoisotopic (exact) mass is 390 g/mol. The van der Waals surface area contributed by atoms with Crippen molar-refractivity contribution < 1.29 is 19.0 Å². The van der Waals surface area contributed by atoms with Crippen molar-refractivity contribution >= 4 is 34.6 Å². The summed E-state index contributed by atoms with van der Waals surface area (Å²) in [6.45, 7) is 1.29. The maximum absolute atomic E-state index is 12.3. The molecule has 0 bridgehead atoms. The first-order chi connectivity index (χ1) is 13.1. The van der Waals surface area contributed by atoms with Gasteiger partial charge < -0.3 is 24.8 Å². The molecule has 1 aliphatic rings. The van der Waals surface area contributed by atoms with Gasteiger partial charge >= 0.3 is 0 Å². The Balaban J connectivity index is 1.68. The molecule has 1 amide bonds. The van der Waals surface area contributed by atoms with E-state index < -0.39 is 0 Å². The first kappa shape index (κ1) is 19.3. The molecule has 0 atom stereocenters. The van der Waals surface area contributed by atoms with E-state index in [0.717, 1.165) is 29.9 Å². The number of halogens is 1. The second-order valence-corrected chi connectivity index (χ2v) is 6.67. The van der Waals surface area contributed by atoms with Crippen molar-refractivity contribution in [3.63, 3.8) is 0 Å². The van der Waals surface area contributed by atoms with Crippen molar-refractivity contribution in [1.29, 1.82) is 0 Å². The van der Waals surface area contributed by atoms with Crippen LogP contribution in [0.15, 0.2) is 36.4 Å². The maximum atomic E-state index is 12.3. The zero-order chi connectivity index (χ0) is 19.2. The molecule has 2 N–H and O–H groups in total. The topological polar surface area (TPSA) is 68.8 Å². The van der Waals surface area contributed by atoms with Crippen LogP contribution in [0.1, 0.15) is 12.8 Å². The van der Waals surface area contributed by atoms with Crippen molar-refractivity contribution in [3.05, 3.63) is 41.4 Å². The van der Waals surface area contributed by atoms with E-state index in [1.807, 2.05) is 24.3 Å². The highest BCUT2D eigenvalue weighted by molar-refractivity contribution is 6.32. The number of methoxy groups -OCH3 is 2. The molecule has 0 radical (unpaired) electrons. The van der Waals surface area contributed by atoms with Gasteiger partial charge in [0.15, 0.2) is 0 Å². The van der Waals surface area contributed by atoms with E-state index >= 15 is 0 Å². The van der Waals surface area contributed by atoms with E-state index in [4.69, 9.17) is 25.8 Å². The Morgan fingerprint density at radius 3 is 2.30 bits per heavy atom. The molecule has 2 aromatic carbocycles. The van der Waals surface area contributed by atoms with E-state index in [1.54, 1.807) is 26.4 Å². The van der Waals surface area contributed by atoms with Crippen molar-refractivity contribution in [2.75, 3.05) is 38.1 Å². The van der Waals surface area contributed by atoms with Gasteiger partial charge in [0.1, 0.15) is 11.5 Å². The van der Waals surface area contributed by atoms with E-state index in [9.17, 15) is 4.79 Å². The molecule has 0 unspecified atom stereocenters. The summed E-state index contributed by atoms with van der Waals surface area (Å²) in [5, 5.41) is 6.72. The summed E-state index contributed by atoms with van der Waals surface area (Å²) in [5.74, 6) is 1.23. The standard InChI is InChI=1S/C20H23ClN2O4/c1-25-18-12-17(19(26-2)11-16(18)21)22-14-3-5-15(6-4-14)23-20(24)13-7-9-27-10-8-13/h3-6,11-13,22H,7-10H2,1-2H3,(H,23,24). The van der Waals surface area contributed by atoms with Gasteiger partial charge in [-0.2, -0.15) is 0 Å². The number of carbonyl (C=O) groups is 1. The molecule has 1 heterocycles. The molecule has 27 heavy (non-hydrogen) atoms. The lowest BCUT2D eigenvalue weighted by Gasteiger charge is -2.21. The molecule has 0 saturated carbocycles. The molecule has 1 fully saturated rings. The molecular formula is C20H23ClN2O4. The molecule has 1 aliphatic heterocycles. The predicted molar refractivity (Wildman–Crippen MR) is 106 cm³/mol. The zero-order valence-corrected chi connectivity index (χ0v) is 16.1. The summed E-state index contributed by atoms with van der Waals surface area (Å²) in [7, 11) is 3.14. The van der Waals surface area contributed by atoms with Gasteiger partial charge in [0, 0.05) is 42.6 Å². The van der Waals surface area contributed by atoms with E-state index in [1.165, 1.54) is 0 Å². The van der Waals surface area contributed by atoms with Crippen LogP contribution in [0.2, 0.25) is 5.02 Å². The van der Waals surface area contributed by atoms with Crippen LogP contribution in [0.3, 0.4) is 0 Å². The summed E-state index contributed by atoms with van der Waals surface area (Å²) >= 11 is 6.14. The Morgan fingerprint density at radius 2 is 1.67 bits per heavy atom. The lowest BCUT2D eigenvalue weighted by atomic mass is 9.99. The summed E-state index contributed by atoms with van der Waals surface area (Å²) in [6, 6.07) is 11.0. The SMILES string of the molecule is COc1cc(Nc2ccc(NC(=O)C3CCOCC3)cc2)c(OC)cc1Cl. The first-order valence-electron chi connectivity index (χ1n) is 8.78. The molecule has 3 rings (SSSR count). The lowest BCUT2D eigenvalue weighted by Crippen LogP contribution is -2.28. The maximum Gasteiger partial charge on any atom is 0.227 e. The van der Waals surface area contributed by atoms with Crippen molar-refractivity contribution in [3.8, 4) is 11.5 Å². The van der Waals surface area contributed by atoms with Crippen LogP contribution in [0.4, 0.5) is 17.1 Å². The molecule has 0 aromatic heterocycles. The second kappa shape index (κ2) is 8.97. The van der Waals surface area contributed by atoms with Gasteiger partial charge in [-0.3, -0.25) is 4.79 Å². The van der Waals surface area contributed by atoms with Crippen LogP contribution >= 0.6 is 11.6 Å². The number of anilines is 3. The smallest absolute Gasteiger partial charge is 0.227 e. The van der Waals surface area contributed by atoms with Gasteiger partial charge in [0.2, 0.25) is 5.91 Å². The fraction of sp³-hybridized carbons (Fsp3) is 0.350. The van der Waals surface area contributed by atoms with Crippen molar-refractivity contribution in [1.82, 2.24) is 0 Å². The average molecular weight is 391 g/mol. The molecule has 1 saturated heterocycles. The highest BCUT2D eigenvalue weighted by atomic mass is 35.5. The van der Waals surface area contributed by atoms with Gasteiger partial charge in [0.25, 0.3) is 0 Å². The molecule has 6 nitrogen and oxygen atoms in total. The van der Waals surface area contributed by atoms with Crippen LogP contribution in [-0.4, -0.2) is 33.3 Å².